The minimum absolute atomic E-state index is 0.00430. The van der Waals surface area contributed by atoms with Crippen molar-refractivity contribution >= 4 is 17.3 Å². The van der Waals surface area contributed by atoms with Gasteiger partial charge in [-0.3, -0.25) is 4.79 Å². The summed E-state index contributed by atoms with van der Waals surface area (Å²) in [6.45, 7) is 2.52. The molecule has 2 N–H and O–H groups in total. The highest BCUT2D eigenvalue weighted by Crippen LogP contribution is 2.26. The number of nitrogens with one attached hydrogen (secondary N) is 2. The van der Waals surface area contributed by atoms with Gasteiger partial charge in [-0.1, -0.05) is 6.92 Å². The van der Waals surface area contributed by atoms with Crippen LogP contribution in [0.1, 0.15) is 13.3 Å². The van der Waals surface area contributed by atoms with Crippen LogP contribution in [0, 0.1) is 11.7 Å². The number of carbonyl (C=O) groups is 1. The van der Waals surface area contributed by atoms with Crippen LogP contribution in [-0.2, 0) is 4.79 Å². The Morgan fingerprint density at radius 3 is 3.00 bits per heavy atom. The van der Waals surface area contributed by atoms with Gasteiger partial charge in [0.2, 0.25) is 5.91 Å². The molecule has 0 spiro atoms. The number of hydrogen-bond donors (Lipinski definition) is 2. The van der Waals surface area contributed by atoms with Crippen LogP contribution < -0.4 is 10.6 Å². The average Bonchev–Trinajstić information content (AvgIpc) is 2.36. The summed E-state index contributed by atoms with van der Waals surface area (Å²) in [6.07, 6.45) is 0.773. The van der Waals surface area contributed by atoms with Gasteiger partial charge in [0.15, 0.2) is 0 Å². The monoisotopic (exact) mass is 208 g/mol. The topological polar surface area (TPSA) is 41.1 Å². The second-order valence-electron chi connectivity index (χ2n) is 3.67. The zero-order chi connectivity index (χ0) is 10.8. The Kier molecular flexibility index (Phi) is 2.58. The number of fused-ring (bicyclic) bond motifs is 1. The van der Waals surface area contributed by atoms with Crippen molar-refractivity contribution in [2.24, 2.45) is 5.92 Å². The molecule has 4 heteroatoms. The predicted molar refractivity (Wildman–Crippen MR) is 57.3 cm³/mol. The van der Waals surface area contributed by atoms with E-state index in [0.717, 1.165) is 6.42 Å². The SMILES string of the molecule is CCC1CNc2cc(F)ccc2NC1=O. The molecule has 80 valence electrons. The molecule has 1 heterocycles. The quantitative estimate of drug-likeness (QED) is 0.743. The van der Waals surface area contributed by atoms with E-state index in [-0.39, 0.29) is 17.6 Å². The van der Waals surface area contributed by atoms with Crippen LogP contribution in [0.4, 0.5) is 15.8 Å². The normalized spacial score (nSPS) is 19.9. The summed E-state index contributed by atoms with van der Waals surface area (Å²) in [6, 6.07) is 4.31. The second kappa shape index (κ2) is 3.88. The van der Waals surface area contributed by atoms with Gasteiger partial charge < -0.3 is 10.6 Å². The number of rotatable bonds is 1. The fourth-order valence-corrected chi connectivity index (χ4v) is 1.66. The van der Waals surface area contributed by atoms with Crippen molar-refractivity contribution in [2.45, 2.75) is 13.3 Å². The minimum Gasteiger partial charge on any atom is -0.382 e. The molecule has 3 nitrogen and oxygen atoms in total. The maximum atomic E-state index is 13.0. The number of hydrogen-bond acceptors (Lipinski definition) is 2. The molecule has 0 saturated heterocycles. The molecule has 0 aromatic heterocycles. The van der Waals surface area contributed by atoms with Crippen molar-refractivity contribution in [3.8, 4) is 0 Å². The maximum Gasteiger partial charge on any atom is 0.229 e. The molecule has 1 aliphatic rings. The predicted octanol–water partition coefficient (Wildman–Crippen LogP) is 2.22. The highest BCUT2D eigenvalue weighted by molar-refractivity contribution is 5.97. The molecule has 0 aliphatic carbocycles. The fraction of sp³-hybridized carbons (Fsp3) is 0.364. The van der Waals surface area contributed by atoms with E-state index in [0.29, 0.717) is 17.9 Å². The van der Waals surface area contributed by atoms with E-state index < -0.39 is 0 Å². The molecule has 0 radical (unpaired) electrons. The first kappa shape index (κ1) is 9.96. The fourth-order valence-electron chi connectivity index (χ4n) is 1.66. The van der Waals surface area contributed by atoms with E-state index in [2.05, 4.69) is 10.6 Å². The van der Waals surface area contributed by atoms with Gasteiger partial charge in [-0.05, 0) is 24.6 Å². The van der Waals surface area contributed by atoms with Crippen molar-refractivity contribution in [2.75, 3.05) is 17.2 Å². The van der Waals surface area contributed by atoms with Gasteiger partial charge in [-0.15, -0.1) is 0 Å². The average molecular weight is 208 g/mol. The molecule has 1 amide bonds. The lowest BCUT2D eigenvalue weighted by Crippen LogP contribution is -2.24. The van der Waals surface area contributed by atoms with Crippen LogP contribution in [0.25, 0.3) is 0 Å². The van der Waals surface area contributed by atoms with Crippen molar-refractivity contribution in [1.29, 1.82) is 0 Å². The molecule has 1 aromatic rings. The third-order valence-corrected chi connectivity index (χ3v) is 2.64. The smallest absolute Gasteiger partial charge is 0.229 e. The van der Waals surface area contributed by atoms with E-state index in [9.17, 15) is 9.18 Å². The van der Waals surface area contributed by atoms with Crippen LogP contribution in [-0.4, -0.2) is 12.5 Å². The third kappa shape index (κ3) is 1.93. The number of amides is 1. The summed E-state index contributed by atoms with van der Waals surface area (Å²) in [7, 11) is 0. The first-order valence-electron chi connectivity index (χ1n) is 5.05. The third-order valence-electron chi connectivity index (χ3n) is 2.64. The van der Waals surface area contributed by atoms with Crippen molar-refractivity contribution in [3.63, 3.8) is 0 Å². The number of anilines is 2. The van der Waals surface area contributed by atoms with Gasteiger partial charge in [0.1, 0.15) is 5.82 Å². The Morgan fingerprint density at radius 1 is 1.47 bits per heavy atom. The molecule has 1 atom stereocenters. The van der Waals surface area contributed by atoms with Gasteiger partial charge in [0, 0.05) is 6.54 Å². The molecule has 1 aromatic carbocycles. The van der Waals surface area contributed by atoms with E-state index in [4.69, 9.17) is 0 Å². The summed E-state index contributed by atoms with van der Waals surface area (Å²) < 4.78 is 13.0. The van der Waals surface area contributed by atoms with E-state index in [1.165, 1.54) is 12.1 Å². The van der Waals surface area contributed by atoms with Gasteiger partial charge in [0.25, 0.3) is 0 Å². The Labute approximate surface area is 87.7 Å². The molecule has 15 heavy (non-hydrogen) atoms. The van der Waals surface area contributed by atoms with E-state index in [1.807, 2.05) is 6.92 Å². The summed E-state index contributed by atoms with van der Waals surface area (Å²) in [5.41, 5.74) is 1.30. The van der Waals surface area contributed by atoms with Crippen LogP contribution in [0.3, 0.4) is 0 Å². The molecule has 0 fully saturated rings. The van der Waals surface area contributed by atoms with Crippen molar-refractivity contribution < 1.29 is 9.18 Å². The Bertz CT molecular complexity index is 392. The van der Waals surface area contributed by atoms with Crippen LogP contribution in [0.2, 0.25) is 0 Å². The van der Waals surface area contributed by atoms with Crippen LogP contribution in [0.15, 0.2) is 18.2 Å². The van der Waals surface area contributed by atoms with Gasteiger partial charge in [-0.25, -0.2) is 4.39 Å². The highest BCUT2D eigenvalue weighted by Gasteiger charge is 2.21. The summed E-state index contributed by atoms with van der Waals surface area (Å²) >= 11 is 0. The minimum atomic E-state index is -0.301. The Hall–Kier alpha value is -1.58. The second-order valence-corrected chi connectivity index (χ2v) is 3.67. The number of halogens is 1. The first-order valence-corrected chi connectivity index (χ1v) is 5.05. The zero-order valence-electron chi connectivity index (χ0n) is 8.51. The van der Waals surface area contributed by atoms with E-state index in [1.54, 1.807) is 6.07 Å². The lowest BCUT2D eigenvalue weighted by Gasteiger charge is -2.09. The lowest BCUT2D eigenvalue weighted by atomic mass is 10.1. The van der Waals surface area contributed by atoms with Crippen molar-refractivity contribution in [1.82, 2.24) is 0 Å². The molecular formula is C11H13FN2O. The molecule has 0 saturated carbocycles. The molecule has 2 rings (SSSR count). The summed E-state index contributed by atoms with van der Waals surface area (Å²) in [5, 5.41) is 5.86. The molecule has 1 aliphatic heterocycles. The zero-order valence-corrected chi connectivity index (χ0v) is 8.51. The Morgan fingerprint density at radius 2 is 2.27 bits per heavy atom. The molecule has 0 bridgehead atoms. The summed E-state index contributed by atoms with van der Waals surface area (Å²) in [4.78, 5) is 11.6. The largest absolute Gasteiger partial charge is 0.382 e. The standard InChI is InChI=1S/C11H13FN2O/c1-2-7-6-13-10-5-8(12)3-4-9(10)14-11(7)15/h3-5,7,13H,2,6H2,1H3,(H,14,15). The maximum absolute atomic E-state index is 13.0. The lowest BCUT2D eigenvalue weighted by molar-refractivity contribution is -0.119. The Balaban J connectivity index is 2.31. The number of benzene rings is 1. The highest BCUT2D eigenvalue weighted by atomic mass is 19.1. The number of carbonyl (C=O) groups excluding carboxylic acids is 1. The molecular weight excluding hydrogens is 195 g/mol. The van der Waals surface area contributed by atoms with Crippen LogP contribution >= 0.6 is 0 Å². The van der Waals surface area contributed by atoms with E-state index >= 15 is 0 Å². The first-order chi connectivity index (χ1) is 7.20. The van der Waals surface area contributed by atoms with Gasteiger partial charge >= 0.3 is 0 Å². The van der Waals surface area contributed by atoms with Crippen molar-refractivity contribution in [3.05, 3.63) is 24.0 Å². The van der Waals surface area contributed by atoms with Gasteiger partial charge in [0.05, 0.1) is 17.3 Å². The summed E-state index contributed by atoms with van der Waals surface area (Å²) in [5.74, 6) is -0.360. The van der Waals surface area contributed by atoms with Gasteiger partial charge in [-0.2, -0.15) is 0 Å². The molecule has 1 unspecified atom stereocenters. The van der Waals surface area contributed by atoms with Crippen LogP contribution in [0.5, 0.6) is 0 Å².